The van der Waals surface area contributed by atoms with Crippen LogP contribution in [0.5, 0.6) is 0 Å². The van der Waals surface area contributed by atoms with Crippen LogP contribution in [0.3, 0.4) is 0 Å². The van der Waals surface area contributed by atoms with Gasteiger partial charge in [-0.2, -0.15) is 0 Å². The number of carboxylic acids is 1. The molecule has 3 amide bonds. The van der Waals surface area contributed by atoms with Crippen LogP contribution in [0.25, 0.3) is 0 Å². The van der Waals surface area contributed by atoms with Crippen LogP contribution in [-0.2, 0) is 19.2 Å². The summed E-state index contributed by atoms with van der Waals surface area (Å²) in [6.07, 6.45) is -0.879. The SMILES string of the molecule is CC(C)CC(N)C(=O)NC(C(=O)NC(C)C(=O)NC(CO)C(=O)O)C(C)O. The molecule has 0 fully saturated rings. The summed E-state index contributed by atoms with van der Waals surface area (Å²) in [6, 6.07) is -4.90. The Morgan fingerprint density at radius 3 is 1.89 bits per heavy atom. The minimum atomic E-state index is -1.52. The van der Waals surface area contributed by atoms with Gasteiger partial charge < -0.3 is 37.0 Å². The predicted octanol–water partition coefficient (Wildman–Crippen LogP) is -2.71. The van der Waals surface area contributed by atoms with Crippen LogP contribution in [-0.4, -0.2) is 75.9 Å². The van der Waals surface area contributed by atoms with Crippen LogP contribution >= 0.6 is 0 Å². The summed E-state index contributed by atoms with van der Waals surface area (Å²) >= 11 is 0. The van der Waals surface area contributed by atoms with E-state index in [1.165, 1.54) is 13.8 Å². The molecule has 8 N–H and O–H groups in total. The number of aliphatic hydroxyl groups is 2. The third-order valence-corrected chi connectivity index (χ3v) is 3.67. The average Bonchev–Trinajstić information content (AvgIpc) is 2.55. The number of amides is 3. The van der Waals surface area contributed by atoms with E-state index in [-0.39, 0.29) is 5.92 Å². The molecule has 0 saturated carbocycles. The Balaban J connectivity index is 4.90. The van der Waals surface area contributed by atoms with Crippen molar-refractivity contribution in [1.82, 2.24) is 16.0 Å². The molecule has 0 heterocycles. The van der Waals surface area contributed by atoms with Gasteiger partial charge >= 0.3 is 5.97 Å². The van der Waals surface area contributed by atoms with Gasteiger partial charge in [0.2, 0.25) is 17.7 Å². The summed E-state index contributed by atoms with van der Waals surface area (Å²) in [5.41, 5.74) is 5.75. The molecule has 0 spiro atoms. The number of hydrogen-bond donors (Lipinski definition) is 7. The van der Waals surface area contributed by atoms with Gasteiger partial charge in [-0.05, 0) is 26.2 Å². The van der Waals surface area contributed by atoms with E-state index in [0.29, 0.717) is 6.42 Å². The van der Waals surface area contributed by atoms with Gasteiger partial charge in [-0.1, -0.05) is 13.8 Å². The van der Waals surface area contributed by atoms with Crippen molar-refractivity contribution < 1.29 is 34.5 Å². The Morgan fingerprint density at radius 2 is 1.48 bits per heavy atom. The molecular formula is C16H30N4O7. The first-order valence-electron chi connectivity index (χ1n) is 8.59. The lowest BCUT2D eigenvalue weighted by Crippen LogP contribution is -2.59. The molecule has 11 heteroatoms. The third-order valence-electron chi connectivity index (χ3n) is 3.67. The van der Waals surface area contributed by atoms with Crippen LogP contribution in [0.4, 0.5) is 0 Å². The Morgan fingerprint density at radius 1 is 0.926 bits per heavy atom. The van der Waals surface area contributed by atoms with E-state index in [9.17, 15) is 24.3 Å². The number of aliphatic carboxylic acids is 1. The van der Waals surface area contributed by atoms with Gasteiger partial charge in [0.15, 0.2) is 0 Å². The van der Waals surface area contributed by atoms with E-state index in [1.807, 2.05) is 19.2 Å². The molecule has 0 aromatic rings. The maximum absolute atomic E-state index is 12.3. The maximum Gasteiger partial charge on any atom is 0.328 e. The zero-order valence-corrected chi connectivity index (χ0v) is 15.9. The van der Waals surface area contributed by atoms with Gasteiger partial charge in [0.1, 0.15) is 18.1 Å². The van der Waals surface area contributed by atoms with Gasteiger partial charge in [-0.3, -0.25) is 14.4 Å². The normalized spacial score (nSPS) is 16.6. The number of carbonyl (C=O) groups is 4. The number of carbonyl (C=O) groups excluding carboxylic acids is 3. The second-order valence-corrected chi connectivity index (χ2v) is 6.78. The molecule has 0 radical (unpaired) electrons. The molecule has 0 aromatic heterocycles. The summed E-state index contributed by atoms with van der Waals surface area (Å²) in [5.74, 6) is -3.58. The van der Waals surface area contributed by atoms with Crippen molar-refractivity contribution in [2.75, 3.05) is 6.61 Å². The second kappa shape index (κ2) is 11.5. The number of rotatable bonds is 11. The van der Waals surface area contributed by atoms with Crippen molar-refractivity contribution in [3.8, 4) is 0 Å². The van der Waals surface area contributed by atoms with Crippen molar-refractivity contribution in [3.05, 3.63) is 0 Å². The Hall–Kier alpha value is -2.24. The summed E-state index contributed by atoms with van der Waals surface area (Å²) < 4.78 is 0. The molecule has 27 heavy (non-hydrogen) atoms. The largest absolute Gasteiger partial charge is 0.480 e. The standard InChI is InChI=1S/C16H30N4O7/c1-7(2)5-10(17)14(24)20-12(9(4)22)15(25)18-8(3)13(23)19-11(6-21)16(26)27/h7-12,21-22H,5-6,17H2,1-4H3,(H,18,25)(H,19,23)(H,20,24)(H,26,27). The first kappa shape index (κ1) is 24.8. The zero-order chi connectivity index (χ0) is 21.3. The molecule has 5 unspecified atom stereocenters. The average molecular weight is 390 g/mol. The summed E-state index contributed by atoms with van der Waals surface area (Å²) in [6.45, 7) is 5.51. The fraction of sp³-hybridized carbons (Fsp3) is 0.750. The van der Waals surface area contributed by atoms with Crippen molar-refractivity contribution in [1.29, 1.82) is 0 Å². The lowest BCUT2D eigenvalue weighted by atomic mass is 10.0. The molecular weight excluding hydrogens is 360 g/mol. The van der Waals surface area contributed by atoms with Crippen molar-refractivity contribution in [3.63, 3.8) is 0 Å². The van der Waals surface area contributed by atoms with E-state index in [1.54, 1.807) is 0 Å². The van der Waals surface area contributed by atoms with Crippen molar-refractivity contribution >= 4 is 23.7 Å². The van der Waals surface area contributed by atoms with Crippen LogP contribution in [0.2, 0.25) is 0 Å². The van der Waals surface area contributed by atoms with Crippen LogP contribution < -0.4 is 21.7 Å². The first-order chi connectivity index (χ1) is 12.4. The molecule has 0 saturated heterocycles. The van der Waals surface area contributed by atoms with E-state index in [4.69, 9.17) is 15.9 Å². The minimum Gasteiger partial charge on any atom is -0.480 e. The van der Waals surface area contributed by atoms with E-state index < -0.39 is 60.6 Å². The third kappa shape index (κ3) is 8.80. The highest BCUT2D eigenvalue weighted by Crippen LogP contribution is 2.04. The van der Waals surface area contributed by atoms with Gasteiger partial charge in [0.25, 0.3) is 0 Å². The molecule has 0 aromatic carbocycles. The molecule has 0 rings (SSSR count). The maximum atomic E-state index is 12.3. The molecule has 0 aliphatic rings. The quantitative estimate of drug-likeness (QED) is 0.198. The minimum absolute atomic E-state index is 0.155. The smallest absolute Gasteiger partial charge is 0.328 e. The molecule has 0 aliphatic heterocycles. The monoisotopic (exact) mass is 390 g/mol. The zero-order valence-electron chi connectivity index (χ0n) is 15.9. The Bertz CT molecular complexity index is 539. The Labute approximate surface area is 157 Å². The first-order valence-corrected chi connectivity index (χ1v) is 8.59. The Kier molecular flexibility index (Phi) is 10.5. The molecule has 0 aliphatic carbocycles. The fourth-order valence-corrected chi connectivity index (χ4v) is 2.13. The molecule has 5 atom stereocenters. The van der Waals surface area contributed by atoms with Crippen LogP contribution in [0.15, 0.2) is 0 Å². The number of nitrogens with one attached hydrogen (secondary N) is 3. The number of nitrogens with two attached hydrogens (primary N) is 1. The van der Waals surface area contributed by atoms with Crippen molar-refractivity contribution in [2.45, 2.75) is 64.4 Å². The highest BCUT2D eigenvalue weighted by Gasteiger charge is 2.30. The molecule has 11 nitrogen and oxygen atoms in total. The number of carboxylic acid groups (broad SMARTS) is 1. The highest BCUT2D eigenvalue weighted by atomic mass is 16.4. The fourth-order valence-electron chi connectivity index (χ4n) is 2.13. The second-order valence-electron chi connectivity index (χ2n) is 6.78. The van der Waals surface area contributed by atoms with E-state index in [2.05, 4.69) is 10.6 Å². The van der Waals surface area contributed by atoms with E-state index >= 15 is 0 Å². The molecule has 0 bridgehead atoms. The number of aliphatic hydroxyl groups excluding tert-OH is 2. The van der Waals surface area contributed by atoms with Gasteiger partial charge in [-0.25, -0.2) is 4.79 Å². The lowest BCUT2D eigenvalue weighted by Gasteiger charge is -2.25. The summed E-state index contributed by atoms with van der Waals surface area (Å²) in [5, 5.41) is 34.2. The van der Waals surface area contributed by atoms with Gasteiger partial charge in [0.05, 0.1) is 18.8 Å². The molecule has 156 valence electrons. The lowest BCUT2D eigenvalue weighted by molar-refractivity contribution is -0.143. The van der Waals surface area contributed by atoms with Gasteiger partial charge in [-0.15, -0.1) is 0 Å². The highest BCUT2D eigenvalue weighted by molar-refractivity contribution is 5.94. The number of hydrogen-bond acceptors (Lipinski definition) is 7. The summed E-state index contributed by atoms with van der Waals surface area (Å²) in [4.78, 5) is 47.1. The van der Waals surface area contributed by atoms with Crippen LogP contribution in [0.1, 0.15) is 34.1 Å². The topological polar surface area (TPSA) is 191 Å². The van der Waals surface area contributed by atoms with Gasteiger partial charge in [0, 0.05) is 0 Å². The predicted molar refractivity (Wildman–Crippen MR) is 95.3 cm³/mol. The van der Waals surface area contributed by atoms with Crippen LogP contribution in [0, 0.1) is 5.92 Å². The van der Waals surface area contributed by atoms with Crippen molar-refractivity contribution in [2.24, 2.45) is 11.7 Å². The van der Waals surface area contributed by atoms with E-state index in [0.717, 1.165) is 0 Å². The summed E-state index contributed by atoms with van der Waals surface area (Å²) in [7, 11) is 0.